The van der Waals surface area contributed by atoms with Gasteiger partial charge in [0.1, 0.15) is 0 Å². The van der Waals surface area contributed by atoms with Gasteiger partial charge < -0.3 is 42.5 Å². The molecule has 0 bridgehead atoms. The third-order valence-electron chi connectivity index (χ3n) is 26.7. The van der Waals surface area contributed by atoms with Gasteiger partial charge in [0.05, 0.1) is 0 Å². The highest BCUT2D eigenvalue weighted by atomic mass is 15.3. The highest BCUT2D eigenvalue weighted by molar-refractivity contribution is 5.18. The van der Waals surface area contributed by atoms with Crippen LogP contribution in [0.15, 0.2) is 0 Å². The fourth-order valence-corrected chi connectivity index (χ4v) is 24.4. The van der Waals surface area contributed by atoms with Crippen molar-refractivity contribution in [3.63, 3.8) is 0 Å². The van der Waals surface area contributed by atoms with E-state index in [1.165, 1.54) is 220 Å². The normalized spacial score (nSPS) is 55.2. The molecule has 24 unspecified atom stereocenters. The first-order chi connectivity index (χ1) is 35.7. The van der Waals surface area contributed by atoms with Gasteiger partial charge in [-0.3, -0.25) is 9.80 Å². The van der Waals surface area contributed by atoms with Crippen LogP contribution in [0, 0.1) is 94.7 Å². The van der Waals surface area contributed by atoms with Crippen LogP contribution in [0.3, 0.4) is 0 Å². The van der Waals surface area contributed by atoms with E-state index in [9.17, 15) is 0 Å². The summed E-state index contributed by atoms with van der Waals surface area (Å²) in [7, 11) is 0. The minimum atomic E-state index is 0.707. The summed E-state index contributed by atoms with van der Waals surface area (Å²) in [6, 6.07) is 7.89. The molecule has 5 saturated carbocycles. The van der Waals surface area contributed by atoms with Crippen molar-refractivity contribution in [2.75, 3.05) is 78.5 Å². The molecule has 10 heteroatoms. The second-order valence-electron chi connectivity index (χ2n) is 29.3. The van der Waals surface area contributed by atoms with Gasteiger partial charge >= 0.3 is 0 Å². The first-order valence-electron chi connectivity index (χ1n) is 33.0. The Morgan fingerprint density at radius 3 is 0.889 bits per heavy atom. The number of likely N-dealkylation sites (tertiary alicyclic amines) is 2. The van der Waals surface area contributed by atoms with Crippen LogP contribution in [-0.2, 0) is 0 Å². The standard InChI is InChI=1S/C62H106N10/c1-3-15-57-47(9-1)61-59(71(57)41-25-37(49-29-63-33-53-43(49)11-5-19-67-53)23-38(26-41)50-30-64-34-54-44(50)12-6-20-68-54)17-18-60-62(61)48-10-2-4-16-58(48)72(60)42-27-39(51-31-65-35-55-45(51)13-7-21-69-55)24-40(28-42)52-32-66-36-56-46(52)14-8-22-70-56/h37-70H,1-36H2. The maximum Gasteiger partial charge on any atom is 0.0223 e. The van der Waals surface area contributed by atoms with Crippen molar-refractivity contribution in [1.82, 2.24) is 52.3 Å². The van der Waals surface area contributed by atoms with Crippen molar-refractivity contribution < 1.29 is 0 Å². The van der Waals surface area contributed by atoms with Crippen LogP contribution in [0.1, 0.15) is 154 Å². The van der Waals surface area contributed by atoms with Gasteiger partial charge in [0.15, 0.2) is 0 Å². The van der Waals surface area contributed by atoms with Crippen LogP contribution in [-0.4, -0.2) is 149 Å². The minimum Gasteiger partial charge on any atom is -0.315 e. The lowest BCUT2D eigenvalue weighted by Gasteiger charge is -2.55. The van der Waals surface area contributed by atoms with E-state index in [1.54, 1.807) is 12.8 Å². The Bertz CT molecular complexity index is 1610. The summed E-state index contributed by atoms with van der Waals surface area (Å²) in [4.78, 5) is 7.04. The van der Waals surface area contributed by atoms with Crippen LogP contribution in [0.25, 0.3) is 0 Å². The molecular formula is C62H106N10. The topological polar surface area (TPSA) is 103 Å². The van der Waals surface area contributed by atoms with Crippen molar-refractivity contribution in [2.24, 2.45) is 94.7 Å². The lowest BCUT2D eigenvalue weighted by Crippen LogP contribution is -2.61. The molecule has 404 valence electrons. The van der Waals surface area contributed by atoms with Gasteiger partial charge in [-0.15, -0.1) is 0 Å². The van der Waals surface area contributed by atoms with Gasteiger partial charge in [-0.25, -0.2) is 0 Å². The van der Waals surface area contributed by atoms with Crippen LogP contribution in [0.4, 0.5) is 0 Å². The molecule has 15 aliphatic rings. The summed E-state index contributed by atoms with van der Waals surface area (Å²) in [6.45, 7) is 15.0. The highest BCUT2D eigenvalue weighted by Gasteiger charge is 2.65. The third kappa shape index (κ3) is 8.65. The van der Waals surface area contributed by atoms with E-state index < -0.39 is 0 Å². The first-order valence-corrected chi connectivity index (χ1v) is 33.0. The molecule has 5 aliphatic carbocycles. The van der Waals surface area contributed by atoms with Gasteiger partial charge in [-0.1, -0.05) is 25.7 Å². The molecule has 0 aromatic rings. The Labute approximate surface area is 438 Å². The average Bonchev–Trinajstić information content (AvgIpc) is 3.97. The van der Waals surface area contributed by atoms with Crippen molar-refractivity contribution in [3.8, 4) is 0 Å². The number of piperidine rings is 8. The number of hydrogen-bond acceptors (Lipinski definition) is 10. The average molecular weight is 992 g/mol. The molecule has 15 rings (SSSR count). The summed E-state index contributed by atoms with van der Waals surface area (Å²) in [5.74, 6) is 14.4. The second-order valence-corrected chi connectivity index (χ2v) is 29.3. The van der Waals surface area contributed by atoms with Gasteiger partial charge in [-0.2, -0.15) is 0 Å². The molecule has 8 N–H and O–H groups in total. The predicted molar refractivity (Wildman–Crippen MR) is 292 cm³/mol. The van der Waals surface area contributed by atoms with Crippen molar-refractivity contribution in [3.05, 3.63) is 0 Å². The summed E-state index contributed by atoms with van der Waals surface area (Å²) in [5.41, 5.74) is 0. The molecule has 0 amide bonds. The van der Waals surface area contributed by atoms with Gasteiger partial charge in [-0.05, 0) is 275 Å². The lowest BCUT2D eigenvalue weighted by atomic mass is 9.60. The number of rotatable bonds is 6. The lowest BCUT2D eigenvalue weighted by molar-refractivity contribution is -0.0388. The Kier molecular flexibility index (Phi) is 14.2. The van der Waals surface area contributed by atoms with Crippen LogP contribution < -0.4 is 42.5 Å². The van der Waals surface area contributed by atoms with Gasteiger partial charge in [0, 0.05) is 86.6 Å². The molecule has 10 nitrogen and oxygen atoms in total. The maximum atomic E-state index is 4.08. The SMILES string of the molecule is C1CNC2CNCC(C3CC(C4CNCC5NCCCC54)CC(N4C5CCCCC5C5C6C7CCCCC7N(C7CC(C8CNCC9NCCCC98)CC(C8CNCC9NCCCC98)C7)C6CCC54)C3)C2C1. The molecule has 0 radical (unpaired) electrons. The maximum absolute atomic E-state index is 4.08. The number of fused-ring (bicyclic) bond motifs is 11. The number of nitrogens with one attached hydrogen (secondary N) is 8. The molecule has 10 aliphatic heterocycles. The van der Waals surface area contributed by atoms with E-state index in [2.05, 4.69) is 52.3 Å². The van der Waals surface area contributed by atoms with E-state index in [1.807, 2.05) is 0 Å². The first kappa shape index (κ1) is 48.7. The Morgan fingerprint density at radius 2 is 0.556 bits per heavy atom. The zero-order valence-corrected chi connectivity index (χ0v) is 45.4. The molecule has 15 fully saturated rings. The van der Waals surface area contributed by atoms with Gasteiger partial charge in [0.25, 0.3) is 0 Å². The molecule has 0 spiro atoms. The molecule has 72 heavy (non-hydrogen) atoms. The fourth-order valence-electron chi connectivity index (χ4n) is 24.4. The molecule has 0 aromatic carbocycles. The predicted octanol–water partition coefficient (Wildman–Crippen LogP) is 6.42. The molecule has 24 atom stereocenters. The summed E-state index contributed by atoms with van der Waals surface area (Å²) >= 11 is 0. The number of hydrogen-bond donors (Lipinski definition) is 8. The van der Waals surface area contributed by atoms with Crippen LogP contribution in [0.2, 0.25) is 0 Å². The summed E-state index contributed by atoms with van der Waals surface area (Å²) in [6.07, 6.45) is 35.8. The Morgan fingerprint density at radius 1 is 0.250 bits per heavy atom. The van der Waals surface area contributed by atoms with Gasteiger partial charge in [0.2, 0.25) is 0 Å². The smallest absolute Gasteiger partial charge is 0.0223 e. The monoisotopic (exact) mass is 991 g/mol. The quantitative estimate of drug-likeness (QED) is 0.152. The van der Waals surface area contributed by atoms with Crippen molar-refractivity contribution in [1.29, 1.82) is 0 Å². The summed E-state index contributed by atoms with van der Waals surface area (Å²) < 4.78 is 0. The van der Waals surface area contributed by atoms with Crippen LogP contribution in [0.5, 0.6) is 0 Å². The van der Waals surface area contributed by atoms with E-state index >= 15 is 0 Å². The van der Waals surface area contributed by atoms with E-state index in [0.717, 1.165) is 131 Å². The van der Waals surface area contributed by atoms with Crippen LogP contribution >= 0.6 is 0 Å². The Balaban J connectivity index is 0.751. The highest BCUT2D eigenvalue weighted by Crippen LogP contribution is 2.63. The summed E-state index contributed by atoms with van der Waals surface area (Å²) in [5, 5.41) is 32.6. The Hall–Kier alpha value is -0.400. The fraction of sp³-hybridized carbons (Fsp3) is 1.00. The van der Waals surface area contributed by atoms with Crippen molar-refractivity contribution in [2.45, 2.75) is 215 Å². The second kappa shape index (κ2) is 21.0. The van der Waals surface area contributed by atoms with Crippen molar-refractivity contribution >= 4 is 0 Å². The van der Waals surface area contributed by atoms with E-state index in [4.69, 9.17) is 0 Å². The number of nitrogens with zero attached hydrogens (tertiary/aromatic N) is 2. The zero-order chi connectivity index (χ0) is 47.3. The molecular weight excluding hydrogens is 885 g/mol. The third-order valence-corrected chi connectivity index (χ3v) is 26.7. The largest absolute Gasteiger partial charge is 0.315 e. The zero-order valence-electron chi connectivity index (χ0n) is 45.4. The molecule has 10 heterocycles. The molecule has 10 saturated heterocycles. The van der Waals surface area contributed by atoms with E-state index in [-0.39, 0.29) is 0 Å². The molecule has 0 aromatic heterocycles. The minimum absolute atomic E-state index is 0.707. The van der Waals surface area contributed by atoms with E-state index in [0.29, 0.717) is 24.2 Å².